The van der Waals surface area contributed by atoms with Gasteiger partial charge in [-0.15, -0.1) is 0 Å². The lowest BCUT2D eigenvalue weighted by Gasteiger charge is -2.36. The van der Waals surface area contributed by atoms with E-state index in [-0.39, 0.29) is 41.2 Å². The highest BCUT2D eigenvalue weighted by molar-refractivity contribution is 7.52. The molecule has 15 heteroatoms. The number of hydrogen-bond donors (Lipinski definition) is 2. The number of aromatic nitrogens is 4. The van der Waals surface area contributed by atoms with E-state index >= 15 is 0 Å². The third kappa shape index (κ3) is 5.54. The second-order valence-corrected chi connectivity index (χ2v) is 10.4. The Hall–Kier alpha value is -2.99. The van der Waals surface area contributed by atoms with Crippen molar-refractivity contribution < 1.29 is 32.3 Å². The molecule has 2 atom stereocenters. The number of halogens is 2. The van der Waals surface area contributed by atoms with Gasteiger partial charge in [0.15, 0.2) is 22.7 Å². The van der Waals surface area contributed by atoms with E-state index in [2.05, 4.69) is 24.8 Å². The number of nitrogens with zero attached hydrogens (tertiary/aromatic N) is 4. The molecule has 2 heterocycles. The fourth-order valence-electron chi connectivity index (χ4n) is 3.82. The number of nitrogens with one attached hydrogen (secondary N) is 1. The van der Waals surface area contributed by atoms with Gasteiger partial charge in [0.25, 0.3) is 0 Å². The monoisotopic (exact) mass is 542 g/mol. The van der Waals surface area contributed by atoms with E-state index in [0.29, 0.717) is 24.0 Å². The van der Waals surface area contributed by atoms with Crippen LogP contribution in [0.15, 0.2) is 24.5 Å². The number of benzene rings is 1. The van der Waals surface area contributed by atoms with E-state index in [1.807, 2.05) is 4.57 Å². The Bertz CT molecular complexity index is 1320. The number of nitrogens with two attached hydrogens (primary N) is 1. The molecule has 0 spiro atoms. The SMILES string of the molecule is COC(=O)[C@H](C)NP(=O)(OC[C@H]1C[C@@H](n2cnc3c(OC)nc(N)nc32)C1)Oc1ccc(Cl)cc1F. The largest absolute Gasteiger partial charge is 0.479 e. The van der Waals surface area contributed by atoms with Crippen molar-refractivity contribution in [2.75, 3.05) is 26.6 Å². The van der Waals surface area contributed by atoms with Gasteiger partial charge in [0.2, 0.25) is 11.8 Å². The van der Waals surface area contributed by atoms with E-state index in [0.717, 1.165) is 6.07 Å². The molecule has 194 valence electrons. The summed E-state index contributed by atoms with van der Waals surface area (Å²) in [5.41, 5.74) is 6.82. The molecule has 1 saturated carbocycles. The fourth-order valence-corrected chi connectivity index (χ4v) is 5.55. The summed E-state index contributed by atoms with van der Waals surface area (Å²) in [5, 5.41) is 2.64. The maximum Gasteiger partial charge on any atom is 0.459 e. The number of esters is 1. The normalized spacial score (nSPS) is 19.8. The first kappa shape index (κ1) is 26.1. The molecule has 0 saturated heterocycles. The number of rotatable bonds is 10. The third-order valence-corrected chi connectivity index (χ3v) is 7.57. The summed E-state index contributed by atoms with van der Waals surface area (Å²) in [7, 11) is -1.52. The smallest absolute Gasteiger partial charge is 0.459 e. The summed E-state index contributed by atoms with van der Waals surface area (Å²) in [6, 6.07) is 2.62. The quantitative estimate of drug-likeness (QED) is 0.286. The number of anilines is 1. The molecule has 1 fully saturated rings. The number of carbonyl (C=O) groups is 1. The number of carbonyl (C=O) groups excluding carboxylic acids is 1. The van der Waals surface area contributed by atoms with Gasteiger partial charge in [0.1, 0.15) is 6.04 Å². The molecule has 1 aliphatic rings. The van der Waals surface area contributed by atoms with E-state index in [4.69, 9.17) is 31.1 Å². The van der Waals surface area contributed by atoms with Crippen molar-refractivity contribution in [1.29, 1.82) is 0 Å². The number of imidazole rings is 1. The van der Waals surface area contributed by atoms with Crippen LogP contribution in [0.1, 0.15) is 25.8 Å². The minimum absolute atomic E-state index is 0.00393. The van der Waals surface area contributed by atoms with Crippen molar-refractivity contribution in [3.05, 3.63) is 35.4 Å². The van der Waals surface area contributed by atoms with Crippen LogP contribution in [0.4, 0.5) is 10.3 Å². The Morgan fingerprint density at radius 2 is 2.11 bits per heavy atom. The summed E-state index contributed by atoms with van der Waals surface area (Å²) in [6.07, 6.45) is 2.94. The number of ether oxygens (including phenoxy) is 2. The van der Waals surface area contributed by atoms with Crippen molar-refractivity contribution in [3.63, 3.8) is 0 Å². The Morgan fingerprint density at radius 3 is 2.78 bits per heavy atom. The van der Waals surface area contributed by atoms with E-state index in [9.17, 15) is 13.8 Å². The van der Waals surface area contributed by atoms with Crippen LogP contribution < -0.4 is 20.1 Å². The molecule has 0 amide bonds. The maximum absolute atomic E-state index is 14.3. The van der Waals surface area contributed by atoms with Crippen LogP contribution in [0.25, 0.3) is 11.2 Å². The zero-order valence-electron chi connectivity index (χ0n) is 19.7. The molecule has 12 nitrogen and oxygen atoms in total. The average molecular weight is 543 g/mol. The van der Waals surface area contributed by atoms with Crippen molar-refractivity contribution in [2.45, 2.75) is 31.8 Å². The number of hydrogen-bond acceptors (Lipinski definition) is 10. The Labute approximate surface area is 210 Å². The first-order chi connectivity index (χ1) is 17.1. The molecular weight excluding hydrogens is 518 g/mol. The van der Waals surface area contributed by atoms with Gasteiger partial charge in [-0.1, -0.05) is 11.6 Å². The van der Waals surface area contributed by atoms with Gasteiger partial charge in [-0.05, 0) is 43.9 Å². The fraction of sp³-hybridized carbons (Fsp3) is 0.429. The first-order valence-corrected chi connectivity index (χ1v) is 12.8. The molecule has 3 aromatic rings. The standard InChI is InChI=1S/C21H25ClFN6O6P/c1-11(20(30)33-3)28-36(31,35-16-5-4-13(22)8-15(16)23)34-9-12-6-14(7-12)29-10-25-17-18(29)26-21(24)27-19(17)32-2/h4-5,8,10-12,14H,6-7,9H2,1-3H3,(H,28,31)(H2,24,26,27)/t11-,12-,14+,36?/m0/s1. The Morgan fingerprint density at radius 1 is 1.36 bits per heavy atom. The van der Waals surface area contributed by atoms with Crippen LogP contribution in [0.5, 0.6) is 11.6 Å². The number of fused-ring (bicyclic) bond motifs is 1. The predicted molar refractivity (Wildman–Crippen MR) is 128 cm³/mol. The molecule has 0 radical (unpaired) electrons. The highest BCUT2D eigenvalue weighted by atomic mass is 35.5. The van der Waals surface area contributed by atoms with Crippen LogP contribution in [0.2, 0.25) is 5.02 Å². The minimum atomic E-state index is -4.18. The highest BCUT2D eigenvalue weighted by Crippen LogP contribution is 2.49. The van der Waals surface area contributed by atoms with E-state index < -0.39 is 25.6 Å². The Balaban J connectivity index is 1.44. The first-order valence-electron chi connectivity index (χ1n) is 10.9. The summed E-state index contributed by atoms with van der Waals surface area (Å²) in [6.45, 7) is 1.45. The zero-order valence-corrected chi connectivity index (χ0v) is 21.3. The average Bonchev–Trinajstić information content (AvgIpc) is 3.22. The van der Waals surface area contributed by atoms with E-state index in [1.54, 1.807) is 6.33 Å². The topological polar surface area (TPSA) is 153 Å². The van der Waals surface area contributed by atoms with Gasteiger partial charge in [-0.2, -0.15) is 15.1 Å². The zero-order chi connectivity index (χ0) is 26.0. The Kier molecular flexibility index (Phi) is 7.65. The molecular formula is C21H25ClFN6O6P. The molecule has 1 aliphatic carbocycles. The molecule has 0 aliphatic heterocycles. The molecule has 4 rings (SSSR count). The molecule has 36 heavy (non-hydrogen) atoms. The van der Waals surface area contributed by atoms with Crippen molar-refractivity contribution in [1.82, 2.24) is 24.6 Å². The predicted octanol–water partition coefficient (Wildman–Crippen LogP) is 3.52. The van der Waals surface area contributed by atoms with Crippen molar-refractivity contribution in [3.8, 4) is 11.6 Å². The molecule has 0 bridgehead atoms. The van der Waals surface area contributed by atoms with Crippen LogP contribution in [-0.2, 0) is 18.6 Å². The lowest BCUT2D eigenvalue weighted by atomic mass is 9.81. The van der Waals surface area contributed by atoms with Crippen LogP contribution in [0, 0.1) is 11.7 Å². The minimum Gasteiger partial charge on any atom is -0.479 e. The van der Waals surface area contributed by atoms with Gasteiger partial charge < -0.3 is 24.3 Å². The number of methoxy groups -OCH3 is 2. The summed E-state index contributed by atoms with van der Waals surface area (Å²) < 4.78 is 50.5. The van der Waals surface area contributed by atoms with Gasteiger partial charge >= 0.3 is 13.7 Å². The van der Waals surface area contributed by atoms with E-state index in [1.165, 1.54) is 33.3 Å². The van der Waals surface area contributed by atoms with Gasteiger partial charge in [0, 0.05) is 11.1 Å². The summed E-state index contributed by atoms with van der Waals surface area (Å²) >= 11 is 5.78. The molecule has 1 unspecified atom stereocenters. The van der Waals surface area contributed by atoms with Crippen molar-refractivity contribution >= 4 is 42.4 Å². The van der Waals surface area contributed by atoms with Gasteiger partial charge in [-0.3, -0.25) is 9.32 Å². The highest BCUT2D eigenvalue weighted by Gasteiger charge is 2.37. The van der Waals surface area contributed by atoms with Crippen LogP contribution in [0.3, 0.4) is 0 Å². The van der Waals surface area contributed by atoms with Crippen LogP contribution in [-0.4, -0.2) is 52.4 Å². The molecule has 3 N–H and O–H groups in total. The second kappa shape index (κ2) is 10.6. The summed E-state index contributed by atoms with van der Waals surface area (Å²) in [4.78, 5) is 24.5. The number of nitrogen functional groups attached to an aromatic ring is 1. The van der Waals surface area contributed by atoms with Crippen LogP contribution >= 0.6 is 19.3 Å². The lowest BCUT2D eigenvalue weighted by molar-refractivity contribution is -0.142. The van der Waals surface area contributed by atoms with Gasteiger partial charge in [-0.25, -0.2) is 13.9 Å². The lowest BCUT2D eigenvalue weighted by Crippen LogP contribution is -2.36. The maximum atomic E-state index is 14.3. The molecule has 2 aromatic heterocycles. The molecule has 1 aromatic carbocycles. The second-order valence-electron chi connectivity index (χ2n) is 8.24. The summed E-state index contributed by atoms with van der Waals surface area (Å²) in [5.74, 6) is -1.50. The third-order valence-electron chi connectivity index (χ3n) is 5.70. The van der Waals surface area contributed by atoms with Crippen molar-refractivity contribution in [2.24, 2.45) is 5.92 Å². The van der Waals surface area contributed by atoms with Gasteiger partial charge in [0.05, 0.1) is 27.2 Å².